The van der Waals surface area contributed by atoms with Crippen LogP contribution >= 0.6 is 15.9 Å². The summed E-state index contributed by atoms with van der Waals surface area (Å²) >= 11 is 3.28. The lowest BCUT2D eigenvalue weighted by Crippen LogP contribution is -1.94. The smallest absolute Gasteiger partial charge is 0.191 e. The molecule has 0 saturated carbocycles. The van der Waals surface area contributed by atoms with E-state index in [1.165, 1.54) is 6.20 Å². The van der Waals surface area contributed by atoms with E-state index in [4.69, 9.17) is 5.26 Å². The maximum absolute atomic E-state index is 8.92. The Morgan fingerprint density at radius 2 is 2.41 bits per heavy atom. The van der Waals surface area contributed by atoms with Crippen molar-refractivity contribution in [2.45, 2.75) is 0 Å². The van der Waals surface area contributed by atoms with Gasteiger partial charge in [-0.1, -0.05) is 0 Å². The van der Waals surface area contributed by atoms with Crippen molar-refractivity contribution in [3.63, 3.8) is 0 Å². The molecule has 17 heavy (non-hydrogen) atoms. The first-order chi connectivity index (χ1) is 8.29. The lowest BCUT2D eigenvalue weighted by Gasteiger charge is -1.99. The van der Waals surface area contributed by atoms with Crippen LogP contribution in [0.1, 0.15) is 5.82 Å². The summed E-state index contributed by atoms with van der Waals surface area (Å²) in [6, 6.07) is 5.58. The number of aromatic nitrogens is 5. The zero-order valence-electron chi connectivity index (χ0n) is 8.42. The predicted molar refractivity (Wildman–Crippen MR) is 63.3 cm³/mol. The standard InChI is InChI=1S/C9H6BrN7/c10-7-1-2-8(13-5-7)12-4-6(3-11)9-14-16-17-15-9/h1-2,4-5H,(H,12,13)(H,14,15,16,17). The van der Waals surface area contributed by atoms with E-state index in [1.807, 2.05) is 12.1 Å². The Labute approximate surface area is 105 Å². The number of nitrogens with one attached hydrogen (secondary N) is 2. The van der Waals surface area contributed by atoms with Crippen LogP contribution in [0.25, 0.3) is 5.57 Å². The fraction of sp³-hybridized carbons (Fsp3) is 0. The Morgan fingerprint density at radius 3 is 3.00 bits per heavy atom. The van der Waals surface area contributed by atoms with Gasteiger partial charge in [0.25, 0.3) is 0 Å². The van der Waals surface area contributed by atoms with Crippen LogP contribution in [0.5, 0.6) is 0 Å². The van der Waals surface area contributed by atoms with Gasteiger partial charge in [-0.2, -0.15) is 5.26 Å². The molecule has 2 aromatic rings. The molecule has 2 rings (SSSR count). The second kappa shape index (κ2) is 5.18. The van der Waals surface area contributed by atoms with Gasteiger partial charge in [0, 0.05) is 16.9 Å². The summed E-state index contributed by atoms with van der Waals surface area (Å²) in [5.74, 6) is 0.922. The van der Waals surface area contributed by atoms with Crippen molar-refractivity contribution in [2.75, 3.05) is 5.32 Å². The molecule has 0 aliphatic carbocycles. The number of hydrogen-bond acceptors (Lipinski definition) is 6. The number of hydrogen-bond donors (Lipinski definition) is 2. The monoisotopic (exact) mass is 291 g/mol. The molecule has 2 aromatic heterocycles. The Hall–Kier alpha value is -2.27. The van der Waals surface area contributed by atoms with E-state index in [9.17, 15) is 0 Å². The van der Waals surface area contributed by atoms with E-state index in [0.717, 1.165) is 4.47 Å². The highest BCUT2D eigenvalue weighted by atomic mass is 79.9. The number of anilines is 1. The molecule has 0 aliphatic rings. The molecule has 0 saturated heterocycles. The average molecular weight is 292 g/mol. The van der Waals surface area contributed by atoms with E-state index in [1.54, 1.807) is 12.3 Å². The Morgan fingerprint density at radius 1 is 1.53 bits per heavy atom. The van der Waals surface area contributed by atoms with Crippen molar-refractivity contribution in [1.82, 2.24) is 25.6 Å². The number of pyridine rings is 1. The van der Waals surface area contributed by atoms with Gasteiger partial charge in [-0.3, -0.25) is 0 Å². The molecule has 0 aromatic carbocycles. The minimum absolute atomic E-state index is 0.291. The lowest BCUT2D eigenvalue weighted by atomic mass is 10.3. The van der Waals surface area contributed by atoms with Crippen LogP contribution in [0.3, 0.4) is 0 Å². The van der Waals surface area contributed by atoms with Crippen LogP contribution < -0.4 is 5.32 Å². The summed E-state index contributed by atoms with van der Waals surface area (Å²) in [6.45, 7) is 0. The Kier molecular flexibility index (Phi) is 3.42. The molecule has 0 bridgehead atoms. The number of allylic oxidation sites excluding steroid dienone is 1. The summed E-state index contributed by atoms with van der Waals surface area (Å²) in [4.78, 5) is 4.09. The van der Waals surface area contributed by atoms with E-state index < -0.39 is 0 Å². The molecule has 2 N–H and O–H groups in total. The van der Waals surface area contributed by atoms with Crippen LogP contribution in [0, 0.1) is 11.3 Å². The number of nitrogens with zero attached hydrogens (tertiary/aromatic N) is 5. The van der Waals surface area contributed by atoms with Gasteiger partial charge in [-0.15, -0.1) is 5.10 Å². The highest BCUT2D eigenvalue weighted by Crippen LogP contribution is 2.12. The number of rotatable bonds is 3. The van der Waals surface area contributed by atoms with Gasteiger partial charge in [0.05, 0.1) is 0 Å². The third kappa shape index (κ3) is 2.85. The second-order valence-corrected chi connectivity index (χ2v) is 3.84. The van der Waals surface area contributed by atoms with Gasteiger partial charge in [-0.05, 0) is 38.5 Å². The molecule has 0 aliphatic heterocycles. The third-order valence-electron chi connectivity index (χ3n) is 1.81. The average Bonchev–Trinajstić information content (AvgIpc) is 2.86. The molecule has 0 unspecified atom stereocenters. The number of H-pyrrole nitrogens is 1. The summed E-state index contributed by atoms with van der Waals surface area (Å²) in [7, 11) is 0. The maximum Gasteiger partial charge on any atom is 0.191 e. The molecule has 0 radical (unpaired) electrons. The van der Waals surface area contributed by atoms with Gasteiger partial charge >= 0.3 is 0 Å². The molecule has 8 heteroatoms. The van der Waals surface area contributed by atoms with E-state index in [2.05, 4.69) is 46.9 Å². The van der Waals surface area contributed by atoms with E-state index in [0.29, 0.717) is 17.2 Å². The van der Waals surface area contributed by atoms with Crippen LogP contribution in [0.4, 0.5) is 5.82 Å². The SMILES string of the molecule is N#CC(=CNc1ccc(Br)cn1)c1nnn[nH]1. The highest BCUT2D eigenvalue weighted by molar-refractivity contribution is 9.10. The molecule has 0 spiro atoms. The Bertz CT molecular complexity index is 552. The lowest BCUT2D eigenvalue weighted by molar-refractivity contribution is 0.881. The molecule has 2 heterocycles. The van der Waals surface area contributed by atoms with Gasteiger partial charge in [-0.25, -0.2) is 10.1 Å². The van der Waals surface area contributed by atoms with Crippen LogP contribution in [-0.2, 0) is 0 Å². The van der Waals surface area contributed by atoms with Crippen LogP contribution in [-0.4, -0.2) is 25.6 Å². The maximum atomic E-state index is 8.92. The first-order valence-electron chi connectivity index (χ1n) is 4.52. The minimum atomic E-state index is 0.291. The number of aromatic amines is 1. The molecular formula is C9H6BrN7. The zero-order valence-corrected chi connectivity index (χ0v) is 10.0. The molecule has 7 nitrogen and oxygen atoms in total. The fourth-order valence-corrected chi connectivity index (χ4v) is 1.27. The van der Waals surface area contributed by atoms with Crippen molar-refractivity contribution in [1.29, 1.82) is 5.26 Å². The summed E-state index contributed by atoms with van der Waals surface area (Å²) in [5, 5.41) is 24.7. The number of halogens is 1. The fourth-order valence-electron chi connectivity index (χ4n) is 1.03. The number of tetrazole rings is 1. The molecule has 0 amide bonds. The van der Waals surface area contributed by atoms with Crippen molar-refractivity contribution < 1.29 is 0 Å². The Balaban J connectivity index is 2.14. The van der Waals surface area contributed by atoms with Crippen LogP contribution in [0.15, 0.2) is 29.0 Å². The summed E-state index contributed by atoms with van der Waals surface area (Å²) in [6.07, 6.45) is 3.14. The zero-order chi connectivity index (χ0) is 12.1. The first kappa shape index (κ1) is 11.2. The minimum Gasteiger partial charge on any atom is -0.345 e. The van der Waals surface area contributed by atoms with Crippen LogP contribution in [0.2, 0.25) is 0 Å². The van der Waals surface area contributed by atoms with Gasteiger partial charge in [0.15, 0.2) is 5.82 Å². The second-order valence-electron chi connectivity index (χ2n) is 2.93. The molecular weight excluding hydrogens is 286 g/mol. The summed E-state index contributed by atoms with van der Waals surface area (Å²) in [5.41, 5.74) is 0.291. The predicted octanol–water partition coefficient (Wildman–Crippen LogP) is 1.33. The van der Waals surface area contributed by atoms with E-state index in [-0.39, 0.29) is 0 Å². The normalized spacial score (nSPS) is 10.9. The van der Waals surface area contributed by atoms with Gasteiger partial charge < -0.3 is 5.32 Å². The van der Waals surface area contributed by atoms with Gasteiger partial charge in [0.2, 0.25) is 0 Å². The summed E-state index contributed by atoms with van der Waals surface area (Å²) < 4.78 is 0.881. The molecule has 0 fully saturated rings. The van der Waals surface area contributed by atoms with Crippen molar-refractivity contribution >= 4 is 27.3 Å². The topological polar surface area (TPSA) is 103 Å². The van der Waals surface area contributed by atoms with Gasteiger partial charge in [0.1, 0.15) is 17.5 Å². The van der Waals surface area contributed by atoms with E-state index >= 15 is 0 Å². The molecule has 84 valence electrons. The van der Waals surface area contributed by atoms with Crippen molar-refractivity contribution in [2.24, 2.45) is 0 Å². The molecule has 0 atom stereocenters. The van der Waals surface area contributed by atoms with Crippen molar-refractivity contribution in [3.8, 4) is 6.07 Å². The highest BCUT2D eigenvalue weighted by Gasteiger charge is 2.04. The largest absolute Gasteiger partial charge is 0.345 e. The first-order valence-corrected chi connectivity index (χ1v) is 5.31. The van der Waals surface area contributed by atoms with Crippen molar-refractivity contribution in [3.05, 3.63) is 34.8 Å². The quantitative estimate of drug-likeness (QED) is 0.827. The third-order valence-corrected chi connectivity index (χ3v) is 2.28. The number of nitriles is 1.